The second-order valence-corrected chi connectivity index (χ2v) is 7.02. The highest BCUT2D eigenvalue weighted by molar-refractivity contribution is 5.95. The molecule has 1 fully saturated rings. The minimum Gasteiger partial charge on any atom is -0.383 e. The Morgan fingerprint density at radius 3 is 2.64 bits per heavy atom. The number of nitro benzene ring substituents is 1. The van der Waals surface area contributed by atoms with Gasteiger partial charge in [0.05, 0.1) is 11.5 Å². The number of hydrogen-bond donors (Lipinski definition) is 2. The molecule has 2 rings (SSSR count). The highest BCUT2D eigenvalue weighted by Crippen LogP contribution is 2.25. The molecule has 9 nitrogen and oxygen atoms in total. The third-order valence-corrected chi connectivity index (χ3v) is 4.86. The highest BCUT2D eigenvalue weighted by atomic mass is 16.6. The van der Waals surface area contributed by atoms with E-state index >= 15 is 0 Å². The van der Waals surface area contributed by atoms with Crippen molar-refractivity contribution in [2.24, 2.45) is 0 Å². The van der Waals surface area contributed by atoms with Gasteiger partial charge in [-0.3, -0.25) is 14.9 Å². The Morgan fingerprint density at radius 2 is 1.96 bits per heavy atom. The number of amides is 1. The van der Waals surface area contributed by atoms with E-state index in [1.54, 1.807) is 19.2 Å². The molecule has 2 N–H and O–H groups in total. The molecule has 1 heterocycles. The third kappa shape index (κ3) is 7.06. The average Bonchev–Trinajstić information content (AvgIpc) is 2.69. The van der Waals surface area contributed by atoms with Crippen LogP contribution in [-0.4, -0.2) is 87.2 Å². The number of ether oxygens (including phenoxy) is 1. The van der Waals surface area contributed by atoms with Crippen LogP contribution in [0.3, 0.4) is 0 Å². The molecule has 28 heavy (non-hydrogen) atoms. The van der Waals surface area contributed by atoms with Crippen LogP contribution in [-0.2, 0) is 4.74 Å². The monoisotopic (exact) mass is 393 g/mol. The number of carbonyl (C=O) groups is 1. The van der Waals surface area contributed by atoms with Crippen molar-refractivity contribution in [3.63, 3.8) is 0 Å². The molecule has 0 bridgehead atoms. The summed E-state index contributed by atoms with van der Waals surface area (Å²) < 4.78 is 4.93. The standard InChI is InChI=1S/C19H31N5O4/c1-22-10-12-23(13-11-22)9-4-3-7-21-19(25)16-5-6-17(20-8-14-28-2)18(15-16)24(26)27/h5-6,15,20H,3-4,7-14H2,1-2H3,(H,21,25). The lowest BCUT2D eigenvalue weighted by atomic mass is 10.1. The van der Waals surface area contributed by atoms with Crippen LogP contribution in [0, 0.1) is 10.1 Å². The summed E-state index contributed by atoms with van der Waals surface area (Å²) in [7, 11) is 3.70. The Bertz CT molecular complexity index is 647. The summed E-state index contributed by atoms with van der Waals surface area (Å²) in [5.74, 6) is -0.286. The van der Waals surface area contributed by atoms with Gasteiger partial charge in [-0.25, -0.2) is 0 Å². The predicted molar refractivity (Wildman–Crippen MR) is 109 cm³/mol. The summed E-state index contributed by atoms with van der Waals surface area (Å²) in [6.07, 6.45) is 1.91. The van der Waals surface area contributed by atoms with Gasteiger partial charge in [0.1, 0.15) is 5.69 Å². The maximum atomic E-state index is 12.3. The number of anilines is 1. The minimum atomic E-state index is -0.484. The van der Waals surface area contributed by atoms with Crippen molar-refractivity contribution in [1.29, 1.82) is 0 Å². The molecule has 0 radical (unpaired) electrons. The number of piperazine rings is 1. The van der Waals surface area contributed by atoms with Crippen LogP contribution in [0.1, 0.15) is 23.2 Å². The van der Waals surface area contributed by atoms with Crippen LogP contribution in [0.2, 0.25) is 0 Å². The number of nitro groups is 1. The Hall–Kier alpha value is -2.23. The molecule has 9 heteroatoms. The first kappa shape index (κ1) is 22.1. The molecule has 0 aromatic heterocycles. The average molecular weight is 393 g/mol. The minimum absolute atomic E-state index is 0.112. The molecule has 1 saturated heterocycles. The van der Waals surface area contributed by atoms with E-state index in [1.807, 2.05) is 0 Å². The van der Waals surface area contributed by atoms with Crippen molar-refractivity contribution in [3.8, 4) is 0 Å². The number of unbranched alkanes of at least 4 members (excludes halogenated alkanes) is 1. The van der Waals surface area contributed by atoms with E-state index in [2.05, 4.69) is 27.5 Å². The number of benzene rings is 1. The maximum absolute atomic E-state index is 12.3. The predicted octanol–water partition coefficient (Wildman–Crippen LogP) is 1.41. The molecular formula is C19H31N5O4. The largest absolute Gasteiger partial charge is 0.383 e. The van der Waals surface area contributed by atoms with Crippen LogP contribution in [0.15, 0.2) is 18.2 Å². The second kappa shape index (κ2) is 11.6. The number of nitrogens with zero attached hydrogens (tertiary/aromatic N) is 3. The molecule has 0 unspecified atom stereocenters. The molecule has 1 aromatic rings. The molecule has 156 valence electrons. The highest BCUT2D eigenvalue weighted by Gasteiger charge is 2.17. The van der Waals surface area contributed by atoms with Crippen LogP contribution in [0.25, 0.3) is 0 Å². The molecule has 1 aliphatic rings. The number of hydrogen-bond acceptors (Lipinski definition) is 7. The van der Waals surface area contributed by atoms with Crippen LogP contribution in [0.4, 0.5) is 11.4 Å². The van der Waals surface area contributed by atoms with Crippen molar-refractivity contribution in [2.75, 3.05) is 71.9 Å². The molecule has 1 aromatic carbocycles. The van der Waals surface area contributed by atoms with Gasteiger partial charge in [-0.2, -0.15) is 0 Å². The Labute approximate surface area is 166 Å². The lowest BCUT2D eigenvalue weighted by Crippen LogP contribution is -2.44. The quantitative estimate of drug-likeness (QED) is 0.333. The fourth-order valence-corrected chi connectivity index (χ4v) is 3.10. The van der Waals surface area contributed by atoms with Crippen molar-refractivity contribution in [2.45, 2.75) is 12.8 Å². The summed E-state index contributed by atoms with van der Waals surface area (Å²) in [6, 6.07) is 4.48. The Morgan fingerprint density at radius 1 is 1.21 bits per heavy atom. The van der Waals surface area contributed by atoms with Crippen LogP contribution in [0.5, 0.6) is 0 Å². The summed E-state index contributed by atoms with van der Waals surface area (Å²) in [6.45, 7) is 6.89. The van der Waals surface area contributed by atoms with Gasteiger partial charge >= 0.3 is 0 Å². The zero-order valence-corrected chi connectivity index (χ0v) is 16.8. The number of rotatable bonds is 11. The molecular weight excluding hydrogens is 362 g/mol. The van der Waals surface area contributed by atoms with Gasteiger partial charge in [-0.1, -0.05) is 0 Å². The number of likely N-dealkylation sites (N-methyl/N-ethyl adjacent to an activating group) is 1. The van der Waals surface area contributed by atoms with Gasteiger partial charge in [-0.15, -0.1) is 0 Å². The SMILES string of the molecule is COCCNc1ccc(C(=O)NCCCCN2CCN(C)CC2)cc1[N+](=O)[O-]. The van der Waals surface area contributed by atoms with Gasteiger partial charge < -0.3 is 25.2 Å². The van der Waals surface area contributed by atoms with Crippen molar-refractivity contribution >= 4 is 17.3 Å². The molecule has 0 aliphatic carbocycles. The Kier molecular flexibility index (Phi) is 9.12. The van der Waals surface area contributed by atoms with Crippen molar-refractivity contribution < 1.29 is 14.5 Å². The second-order valence-electron chi connectivity index (χ2n) is 7.02. The zero-order valence-electron chi connectivity index (χ0n) is 16.8. The first-order chi connectivity index (χ1) is 13.5. The maximum Gasteiger partial charge on any atom is 0.293 e. The molecule has 0 atom stereocenters. The van der Waals surface area contributed by atoms with Gasteiger partial charge in [0.15, 0.2) is 0 Å². The summed E-state index contributed by atoms with van der Waals surface area (Å²) in [4.78, 5) is 27.9. The smallest absolute Gasteiger partial charge is 0.293 e. The first-order valence-electron chi connectivity index (χ1n) is 9.71. The number of nitrogens with one attached hydrogen (secondary N) is 2. The van der Waals surface area contributed by atoms with E-state index in [-0.39, 0.29) is 11.6 Å². The van der Waals surface area contributed by atoms with Crippen LogP contribution >= 0.6 is 0 Å². The first-order valence-corrected chi connectivity index (χ1v) is 9.71. The molecule has 1 amide bonds. The van der Waals surface area contributed by atoms with Gasteiger partial charge in [0.25, 0.3) is 11.6 Å². The summed E-state index contributed by atoms with van der Waals surface area (Å²) >= 11 is 0. The fourth-order valence-electron chi connectivity index (χ4n) is 3.10. The van der Waals surface area contributed by atoms with E-state index in [1.165, 1.54) is 6.07 Å². The lowest BCUT2D eigenvalue weighted by molar-refractivity contribution is -0.384. The normalized spacial score (nSPS) is 15.4. The van der Waals surface area contributed by atoms with E-state index < -0.39 is 4.92 Å². The molecule has 1 aliphatic heterocycles. The zero-order chi connectivity index (χ0) is 20.4. The third-order valence-electron chi connectivity index (χ3n) is 4.86. The fraction of sp³-hybridized carbons (Fsp3) is 0.632. The van der Waals surface area contributed by atoms with Gasteiger partial charge in [0, 0.05) is 58.0 Å². The summed E-state index contributed by atoms with van der Waals surface area (Å²) in [5, 5.41) is 17.1. The molecule has 0 saturated carbocycles. The van der Waals surface area contributed by atoms with Crippen molar-refractivity contribution in [3.05, 3.63) is 33.9 Å². The van der Waals surface area contributed by atoms with Crippen LogP contribution < -0.4 is 10.6 Å². The lowest BCUT2D eigenvalue weighted by Gasteiger charge is -2.32. The topological polar surface area (TPSA) is 100.0 Å². The van der Waals surface area contributed by atoms with E-state index in [9.17, 15) is 14.9 Å². The number of carbonyl (C=O) groups excluding carboxylic acids is 1. The van der Waals surface area contributed by atoms with E-state index in [4.69, 9.17) is 4.74 Å². The Balaban J connectivity index is 1.76. The van der Waals surface area contributed by atoms with E-state index in [0.717, 1.165) is 45.6 Å². The number of methoxy groups -OCH3 is 1. The van der Waals surface area contributed by atoms with E-state index in [0.29, 0.717) is 30.9 Å². The summed E-state index contributed by atoms with van der Waals surface area (Å²) in [5.41, 5.74) is 0.563. The van der Waals surface area contributed by atoms with Gasteiger partial charge in [0.2, 0.25) is 0 Å². The molecule has 0 spiro atoms. The van der Waals surface area contributed by atoms with Gasteiger partial charge in [-0.05, 0) is 38.6 Å². The van der Waals surface area contributed by atoms with Crippen molar-refractivity contribution in [1.82, 2.24) is 15.1 Å².